The van der Waals surface area contributed by atoms with Gasteiger partial charge in [0.25, 0.3) is 0 Å². The molecule has 4 aromatic carbocycles. The van der Waals surface area contributed by atoms with Crippen LogP contribution < -0.4 is 0 Å². The number of phenols is 1. The van der Waals surface area contributed by atoms with Crippen molar-refractivity contribution in [3.63, 3.8) is 0 Å². The summed E-state index contributed by atoms with van der Waals surface area (Å²) in [5.74, 6) is 0.298. The Kier molecular flexibility index (Phi) is 5.70. The highest BCUT2D eigenvalue weighted by atomic mass is 32.3. The minimum atomic E-state index is -1.34. The third-order valence-electron chi connectivity index (χ3n) is 5.11. The SMILES string of the molecule is Cc1cc(S(C)(c2ccccc2)c2ccccc2)ccc1Sc1ccc(O)cc1. The summed E-state index contributed by atoms with van der Waals surface area (Å²) in [4.78, 5) is 6.46. The van der Waals surface area contributed by atoms with Gasteiger partial charge in [0.05, 0.1) is 0 Å². The molecule has 0 heterocycles. The predicted octanol–water partition coefficient (Wildman–Crippen LogP) is 7.76. The molecule has 0 aromatic heterocycles. The lowest BCUT2D eigenvalue weighted by molar-refractivity contribution is 0.475. The Hall–Kier alpha value is -2.62. The number of rotatable bonds is 5. The summed E-state index contributed by atoms with van der Waals surface area (Å²) in [7, 11) is -1.34. The number of hydrogen-bond acceptors (Lipinski definition) is 2. The molecule has 0 bridgehead atoms. The van der Waals surface area contributed by atoms with Crippen LogP contribution in [0.4, 0.5) is 0 Å². The van der Waals surface area contributed by atoms with Crippen molar-refractivity contribution in [2.24, 2.45) is 0 Å². The molecule has 29 heavy (non-hydrogen) atoms. The second-order valence-electron chi connectivity index (χ2n) is 7.07. The second-order valence-corrected chi connectivity index (χ2v) is 11.4. The third-order valence-corrected chi connectivity index (χ3v) is 9.92. The van der Waals surface area contributed by atoms with Gasteiger partial charge in [-0.2, -0.15) is 10.0 Å². The Morgan fingerprint density at radius 1 is 0.655 bits per heavy atom. The molecule has 0 unspecified atom stereocenters. The van der Waals surface area contributed by atoms with Crippen molar-refractivity contribution < 1.29 is 5.11 Å². The third kappa shape index (κ3) is 4.07. The van der Waals surface area contributed by atoms with Crippen molar-refractivity contribution in [1.82, 2.24) is 0 Å². The first-order valence-corrected chi connectivity index (χ1v) is 12.4. The fourth-order valence-electron chi connectivity index (χ4n) is 3.43. The summed E-state index contributed by atoms with van der Waals surface area (Å²) in [6.45, 7) is 2.18. The maximum atomic E-state index is 9.51. The molecule has 0 saturated heterocycles. The van der Waals surface area contributed by atoms with E-state index in [2.05, 4.69) is 92.0 Å². The van der Waals surface area contributed by atoms with Crippen LogP contribution >= 0.6 is 21.8 Å². The lowest BCUT2D eigenvalue weighted by atomic mass is 10.2. The fraction of sp³-hybridized carbons (Fsp3) is 0.0769. The highest BCUT2D eigenvalue weighted by molar-refractivity contribution is 8.33. The Bertz CT molecular complexity index is 1050. The van der Waals surface area contributed by atoms with Crippen molar-refractivity contribution in [3.8, 4) is 5.75 Å². The molecule has 4 aromatic rings. The van der Waals surface area contributed by atoms with Crippen LogP contribution in [-0.2, 0) is 0 Å². The summed E-state index contributed by atoms with van der Waals surface area (Å²) >= 11 is 1.73. The van der Waals surface area contributed by atoms with Crippen LogP contribution in [0.2, 0.25) is 0 Å². The van der Waals surface area contributed by atoms with Gasteiger partial charge in [-0.3, -0.25) is 0 Å². The molecule has 1 nitrogen and oxygen atoms in total. The molecule has 4 rings (SSSR count). The van der Waals surface area contributed by atoms with E-state index in [1.807, 2.05) is 12.1 Å². The molecule has 0 fully saturated rings. The molecule has 3 heteroatoms. The molecule has 1 N–H and O–H groups in total. The van der Waals surface area contributed by atoms with Gasteiger partial charge in [0.15, 0.2) is 0 Å². The summed E-state index contributed by atoms with van der Waals surface area (Å²) < 4.78 is 0. The van der Waals surface area contributed by atoms with Gasteiger partial charge >= 0.3 is 0 Å². The van der Waals surface area contributed by atoms with E-state index in [1.54, 1.807) is 23.9 Å². The van der Waals surface area contributed by atoms with Crippen LogP contribution in [0.3, 0.4) is 0 Å². The van der Waals surface area contributed by atoms with E-state index >= 15 is 0 Å². The number of hydrogen-bond donors (Lipinski definition) is 1. The van der Waals surface area contributed by atoms with E-state index in [-0.39, 0.29) is 0 Å². The average Bonchev–Trinajstić information content (AvgIpc) is 2.77. The standard InChI is InChI=1S/C26H24OS2/c1-20-19-25(17-18-26(20)28-22-15-13-21(27)14-16-22)29(2,23-9-5-3-6-10-23)24-11-7-4-8-12-24/h3-19,27H,1-2H3. The van der Waals surface area contributed by atoms with Gasteiger partial charge in [0, 0.05) is 9.79 Å². The molecule has 146 valence electrons. The topological polar surface area (TPSA) is 20.2 Å². The minimum Gasteiger partial charge on any atom is -0.508 e. The van der Waals surface area contributed by atoms with Gasteiger partial charge in [0.2, 0.25) is 0 Å². The smallest absolute Gasteiger partial charge is 0.115 e. The molecule has 0 aliphatic heterocycles. The van der Waals surface area contributed by atoms with E-state index in [0.29, 0.717) is 5.75 Å². The van der Waals surface area contributed by atoms with E-state index in [1.165, 1.54) is 25.1 Å². The van der Waals surface area contributed by atoms with Crippen LogP contribution in [0, 0.1) is 6.92 Å². The van der Waals surface area contributed by atoms with Gasteiger partial charge in [-0.25, -0.2) is 0 Å². The largest absolute Gasteiger partial charge is 0.508 e. The predicted molar refractivity (Wildman–Crippen MR) is 125 cm³/mol. The maximum absolute atomic E-state index is 9.51. The zero-order valence-corrected chi connectivity index (χ0v) is 18.2. The molecule has 0 atom stereocenters. The monoisotopic (exact) mass is 416 g/mol. The first kappa shape index (κ1) is 19.7. The fourth-order valence-corrected chi connectivity index (χ4v) is 7.28. The van der Waals surface area contributed by atoms with Crippen molar-refractivity contribution >= 4 is 21.8 Å². The van der Waals surface area contributed by atoms with Crippen LogP contribution in [0.15, 0.2) is 128 Å². The molecule has 0 aliphatic carbocycles. The van der Waals surface area contributed by atoms with E-state index in [4.69, 9.17) is 0 Å². The molecule has 0 spiro atoms. The highest BCUT2D eigenvalue weighted by Crippen LogP contribution is 2.65. The van der Waals surface area contributed by atoms with Crippen molar-refractivity contribution in [2.75, 3.05) is 6.26 Å². The molecule has 0 aliphatic rings. The summed E-state index contributed by atoms with van der Waals surface area (Å²) in [5.41, 5.74) is 1.27. The summed E-state index contributed by atoms with van der Waals surface area (Å²) in [6, 6.07) is 35.9. The highest BCUT2D eigenvalue weighted by Gasteiger charge is 2.26. The zero-order chi connectivity index (χ0) is 20.3. The average molecular weight is 417 g/mol. The van der Waals surface area contributed by atoms with Crippen LogP contribution in [-0.4, -0.2) is 11.4 Å². The van der Waals surface area contributed by atoms with Crippen LogP contribution in [0.5, 0.6) is 5.75 Å². The minimum absolute atomic E-state index is 0.298. The lowest BCUT2D eigenvalue weighted by Crippen LogP contribution is -2.02. The van der Waals surface area contributed by atoms with E-state index in [0.717, 1.165) is 4.90 Å². The number of phenolic OH excluding ortho intramolecular Hbond substituents is 1. The van der Waals surface area contributed by atoms with Crippen LogP contribution in [0.25, 0.3) is 0 Å². The lowest BCUT2D eigenvalue weighted by Gasteiger charge is -2.38. The summed E-state index contributed by atoms with van der Waals surface area (Å²) in [6.07, 6.45) is 2.39. The van der Waals surface area contributed by atoms with Crippen molar-refractivity contribution in [2.45, 2.75) is 31.4 Å². The number of aryl methyl sites for hydroxylation is 1. The van der Waals surface area contributed by atoms with Crippen LogP contribution in [0.1, 0.15) is 5.56 Å². The number of aromatic hydroxyl groups is 1. The van der Waals surface area contributed by atoms with Crippen molar-refractivity contribution in [1.29, 1.82) is 0 Å². The Morgan fingerprint density at radius 2 is 1.21 bits per heavy atom. The zero-order valence-electron chi connectivity index (χ0n) is 16.6. The first-order chi connectivity index (χ1) is 14.1. The normalized spacial score (nSPS) is 11.9. The number of benzene rings is 4. The molecular formula is C26H24OS2. The van der Waals surface area contributed by atoms with Gasteiger partial charge in [-0.15, -0.1) is 0 Å². The maximum Gasteiger partial charge on any atom is 0.115 e. The first-order valence-electron chi connectivity index (χ1n) is 9.53. The molecule has 0 radical (unpaired) electrons. The molecular weight excluding hydrogens is 392 g/mol. The Balaban J connectivity index is 1.76. The quantitative estimate of drug-likeness (QED) is 0.359. The van der Waals surface area contributed by atoms with Gasteiger partial charge < -0.3 is 5.11 Å². The van der Waals surface area contributed by atoms with Gasteiger partial charge in [-0.05, 0) is 100 Å². The summed E-state index contributed by atoms with van der Waals surface area (Å²) in [5, 5.41) is 9.51. The van der Waals surface area contributed by atoms with E-state index in [9.17, 15) is 5.11 Å². The van der Waals surface area contributed by atoms with Gasteiger partial charge in [0.1, 0.15) is 5.75 Å². The molecule has 0 saturated carbocycles. The second kappa shape index (κ2) is 8.40. The van der Waals surface area contributed by atoms with Gasteiger partial charge in [-0.1, -0.05) is 48.2 Å². The molecule has 0 amide bonds. The Morgan fingerprint density at radius 3 is 1.72 bits per heavy atom. The van der Waals surface area contributed by atoms with Crippen molar-refractivity contribution in [3.05, 3.63) is 109 Å². The Labute approximate surface area is 178 Å². The van der Waals surface area contributed by atoms with E-state index < -0.39 is 10.0 Å².